The molecule has 0 radical (unpaired) electrons. The Morgan fingerprint density at radius 2 is 1.27 bits per heavy atom. The maximum atomic E-state index is 10.0. The highest BCUT2D eigenvalue weighted by Crippen LogP contribution is 2.34. The van der Waals surface area contributed by atoms with Crippen LogP contribution >= 0.6 is 0 Å². The molecule has 0 aromatic carbocycles. The molecule has 8 rings (SSSR count). The number of fused-ring (bicyclic) bond motifs is 2. The molecule has 2 N–H and O–H groups in total. The molecule has 0 spiro atoms. The van der Waals surface area contributed by atoms with E-state index in [0.717, 1.165) is 84.0 Å². The van der Waals surface area contributed by atoms with Crippen LogP contribution in [-0.4, -0.2) is 123 Å². The highest BCUT2D eigenvalue weighted by atomic mass is 16.5. The molecule has 0 aliphatic carbocycles. The lowest BCUT2D eigenvalue weighted by Crippen LogP contribution is -2.37. The lowest BCUT2D eigenvalue weighted by molar-refractivity contribution is 0.122. The third kappa shape index (κ3) is 6.71. The molecule has 48 heavy (non-hydrogen) atoms. The monoisotopic (exact) mass is 650 g/mol. The predicted octanol–water partition coefficient (Wildman–Crippen LogP) is 2.12. The molecule has 2 unspecified atom stereocenters. The lowest BCUT2D eigenvalue weighted by Gasteiger charge is -2.29. The molecular formula is C32H40B2N10O4. The molecule has 0 saturated carbocycles. The Morgan fingerprint density at radius 3 is 1.83 bits per heavy atom. The van der Waals surface area contributed by atoms with Gasteiger partial charge in [-0.3, -0.25) is 9.97 Å². The van der Waals surface area contributed by atoms with Crippen LogP contribution in [-0.2, 0) is 9.47 Å². The molecule has 2 atom stereocenters. The van der Waals surface area contributed by atoms with Gasteiger partial charge >= 0.3 is 14.1 Å². The largest absolute Gasteiger partial charge is 0.437 e. The van der Waals surface area contributed by atoms with Crippen LogP contribution < -0.4 is 9.80 Å². The lowest BCUT2D eigenvalue weighted by atomic mass is 9.83. The number of hydrogen-bond acceptors (Lipinski definition) is 14. The van der Waals surface area contributed by atoms with Gasteiger partial charge in [0.15, 0.2) is 0 Å². The number of nitrogens with zero attached hydrogens (tertiary/aromatic N) is 10. The van der Waals surface area contributed by atoms with Gasteiger partial charge in [-0.15, -0.1) is 0 Å². The zero-order chi connectivity index (χ0) is 33.0. The summed E-state index contributed by atoms with van der Waals surface area (Å²) in [6.07, 6.45) is 19.7. The minimum absolute atomic E-state index is 0.0320. The van der Waals surface area contributed by atoms with Gasteiger partial charge in [0.2, 0.25) is 0 Å². The number of pyridine rings is 2. The Balaban J connectivity index is 0.000000152. The predicted molar refractivity (Wildman–Crippen MR) is 185 cm³/mol. The summed E-state index contributed by atoms with van der Waals surface area (Å²) in [6.45, 7) is 10.4. The summed E-state index contributed by atoms with van der Waals surface area (Å²) in [5, 5.41) is 20.0. The van der Waals surface area contributed by atoms with E-state index < -0.39 is 14.1 Å². The highest BCUT2D eigenvalue weighted by Gasteiger charge is 2.31. The molecule has 2 saturated heterocycles. The molecule has 0 amide bonds. The van der Waals surface area contributed by atoms with Gasteiger partial charge in [0, 0.05) is 62.3 Å². The van der Waals surface area contributed by atoms with E-state index in [1.165, 1.54) is 0 Å². The molecule has 2 fully saturated rings. The van der Waals surface area contributed by atoms with Crippen molar-refractivity contribution in [3.8, 4) is 0 Å². The van der Waals surface area contributed by atoms with Crippen molar-refractivity contribution < 1.29 is 19.5 Å². The average Bonchev–Trinajstić information content (AvgIpc) is 3.83. The van der Waals surface area contributed by atoms with Crippen molar-refractivity contribution in [1.82, 2.24) is 39.5 Å². The quantitative estimate of drug-likeness (QED) is 0.232. The van der Waals surface area contributed by atoms with Gasteiger partial charge < -0.3 is 38.9 Å². The molecule has 4 aliphatic heterocycles. The van der Waals surface area contributed by atoms with E-state index in [-0.39, 0.29) is 12.1 Å². The van der Waals surface area contributed by atoms with Gasteiger partial charge in [-0.2, -0.15) is 0 Å². The van der Waals surface area contributed by atoms with Crippen molar-refractivity contribution in [2.24, 2.45) is 0 Å². The highest BCUT2D eigenvalue weighted by molar-refractivity contribution is 6.46. The SMILES string of the molecule is CB(O)N1C=CCC1c1cncc2ncc(N3CCOCC3)nc12.CB(O)N1CC=CC1c1cncc2ncc(N3CCOCC3)nc12. The third-order valence-electron chi connectivity index (χ3n) is 9.19. The number of ether oxygens (including phenoxy) is 2. The van der Waals surface area contributed by atoms with Crippen LogP contribution in [0.4, 0.5) is 11.6 Å². The first-order valence-electron chi connectivity index (χ1n) is 16.6. The second-order valence-electron chi connectivity index (χ2n) is 12.3. The normalized spacial score (nSPS) is 21.2. The van der Waals surface area contributed by atoms with Crippen LogP contribution in [0.3, 0.4) is 0 Å². The van der Waals surface area contributed by atoms with Gasteiger partial charge in [-0.05, 0) is 26.3 Å². The van der Waals surface area contributed by atoms with E-state index in [1.807, 2.05) is 28.2 Å². The zero-order valence-corrected chi connectivity index (χ0v) is 27.3. The van der Waals surface area contributed by atoms with Crippen molar-refractivity contribution >= 4 is 47.8 Å². The molecule has 4 aromatic heterocycles. The minimum atomic E-state index is -0.556. The van der Waals surface area contributed by atoms with Crippen LogP contribution in [0.15, 0.2) is 61.6 Å². The van der Waals surface area contributed by atoms with Crippen LogP contribution in [0.25, 0.3) is 22.1 Å². The summed E-state index contributed by atoms with van der Waals surface area (Å²) in [4.78, 5) is 35.8. The summed E-state index contributed by atoms with van der Waals surface area (Å²) in [5.41, 5.74) is 5.23. The number of aromatic nitrogens is 6. The van der Waals surface area contributed by atoms with Crippen molar-refractivity contribution in [2.45, 2.75) is 32.2 Å². The fourth-order valence-electron chi connectivity index (χ4n) is 6.65. The molecule has 4 aromatic rings. The molecule has 8 heterocycles. The molecule has 0 bridgehead atoms. The van der Waals surface area contributed by atoms with E-state index >= 15 is 0 Å². The smallest absolute Gasteiger partial charge is 0.409 e. The van der Waals surface area contributed by atoms with Crippen LogP contribution in [0.5, 0.6) is 0 Å². The van der Waals surface area contributed by atoms with Gasteiger partial charge in [-0.25, -0.2) is 19.9 Å². The fourth-order valence-corrected chi connectivity index (χ4v) is 6.65. The van der Waals surface area contributed by atoms with Crippen molar-refractivity contribution in [2.75, 3.05) is 69.0 Å². The van der Waals surface area contributed by atoms with E-state index in [1.54, 1.807) is 38.4 Å². The third-order valence-corrected chi connectivity index (χ3v) is 9.19. The Labute approximate surface area is 280 Å². The summed E-state index contributed by atoms with van der Waals surface area (Å²) < 4.78 is 10.8. The maximum Gasteiger partial charge on any atom is 0.409 e. The molecule has 16 heteroatoms. The second-order valence-corrected chi connectivity index (χ2v) is 12.3. The summed E-state index contributed by atoms with van der Waals surface area (Å²) >= 11 is 0. The number of morpholine rings is 2. The number of rotatable bonds is 6. The Kier molecular flexibility index (Phi) is 9.77. The van der Waals surface area contributed by atoms with Gasteiger partial charge in [0.1, 0.15) is 22.7 Å². The Hall–Kier alpha value is -4.21. The molecule has 4 aliphatic rings. The Bertz CT molecular complexity index is 1780. The van der Waals surface area contributed by atoms with Crippen molar-refractivity contribution in [3.63, 3.8) is 0 Å². The number of anilines is 2. The van der Waals surface area contributed by atoms with Gasteiger partial charge in [0.25, 0.3) is 0 Å². The summed E-state index contributed by atoms with van der Waals surface area (Å²) in [5.74, 6) is 1.73. The van der Waals surface area contributed by atoms with Gasteiger partial charge in [-0.1, -0.05) is 18.2 Å². The topological polar surface area (TPSA) is 149 Å². The van der Waals surface area contributed by atoms with Crippen LogP contribution in [0.2, 0.25) is 13.6 Å². The summed E-state index contributed by atoms with van der Waals surface area (Å²) in [7, 11) is -1.09. The zero-order valence-electron chi connectivity index (χ0n) is 27.3. The molecule has 14 nitrogen and oxygen atoms in total. The first kappa shape index (κ1) is 32.3. The fraction of sp³-hybridized carbons (Fsp3) is 0.438. The van der Waals surface area contributed by atoms with Crippen molar-refractivity contribution in [1.29, 1.82) is 0 Å². The molecular weight excluding hydrogens is 610 g/mol. The first-order valence-corrected chi connectivity index (χ1v) is 16.6. The Morgan fingerprint density at radius 1 is 0.708 bits per heavy atom. The van der Waals surface area contributed by atoms with E-state index in [2.05, 4.69) is 48.0 Å². The van der Waals surface area contributed by atoms with E-state index in [0.29, 0.717) is 26.4 Å². The average molecular weight is 650 g/mol. The minimum Gasteiger partial charge on any atom is -0.437 e. The van der Waals surface area contributed by atoms with Crippen LogP contribution in [0, 0.1) is 0 Å². The first-order chi connectivity index (χ1) is 23.5. The van der Waals surface area contributed by atoms with Crippen molar-refractivity contribution in [3.05, 3.63) is 72.7 Å². The summed E-state index contributed by atoms with van der Waals surface area (Å²) in [6, 6.07) is 0.00544. The number of hydrogen-bond donors (Lipinski definition) is 2. The molecule has 248 valence electrons. The second kappa shape index (κ2) is 14.5. The maximum absolute atomic E-state index is 10.0. The van der Waals surface area contributed by atoms with E-state index in [4.69, 9.17) is 19.4 Å². The van der Waals surface area contributed by atoms with E-state index in [9.17, 15) is 10.0 Å². The standard InChI is InChI=1S/2C16H20BN5O2/c2*1-17(23)22-4-2-3-14(22)12-9-18-10-13-16(12)20-15(11-19-13)21-5-7-24-8-6-21/h2,4,9-11,14,23H,3,5-8H2,1H3;2-3,9-11,14,23H,4-8H2,1H3. The van der Waals surface area contributed by atoms with Crippen LogP contribution in [0.1, 0.15) is 29.6 Å². The van der Waals surface area contributed by atoms with Gasteiger partial charge in [0.05, 0.1) is 68.3 Å².